The molecule has 8 nitrogen and oxygen atoms in total. The lowest BCUT2D eigenvalue weighted by Gasteiger charge is -2.55. The van der Waals surface area contributed by atoms with Crippen LogP contribution in [0.15, 0.2) is 18.3 Å². The van der Waals surface area contributed by atoms with Crippen molar-refractivity contribution in [1.82, 2.24) is 15.0 Å². The van der Waals surface area contributed by atoms with Gasteiger partial charge in [-0.25, -0.2) is 17.9 Å². The summed E-state index contributed by atoms with van der Waals surface area (Å²) in [6.07, 6.45) is 1.23. The maximum Gasteiger partial charge on any atom is 0.197 e. The van der Waals surface area contributed by atoms with E-state index in [4.69, 9.17) is 18.9 Å². The second-order valence-corrected chi connectivity index (χ2v) is 8.84. The van der Waals surface area contributed by atoms with Crippen molar-refractivity contribution in [2.45, 2.75) is 69.0 Å². The molecule has 174 valence electrons. The Morgan fingerprint density at radius 2 is 1.84 bits per heavy atom. The first kappa shape index (κ1) is 21.8. The van der Waals surface area contributed by atoms with Gasteiger partial charge in [0.25, 0.3) is 0 Å². The van der Waals surface area contributed by atoms with Crippen LogP contribution in [0.3, 0.4) is 0 Å². The molecule has 0 amide bonds. The van der Waals surface area contributed by atoms with Crippen molar-refractivity contribution in [3.05, 3.63) is 35.8 Å². The van der Waals surface area contributed by atoms with Crippen molar-refractivity contribution in [2.24, 2.45) is 0 Å². The number of aliphatic hydroxyl groups excluding tert-OH is 1. The van der Waals surface area contributed by atoms with E-state index < -0.39 is 53.4 Å². The predicted octanol–water partition coefficient (Wildman–Crippen LogP) is 2.71. The summed E-state index contributed by atoms with van der Waals surface area (Å²) in [6, 6.07) is 0.914. The minimum absolute atomic E-state index is 0.0163. The fraction of sp³-hybridized carbons (Fsp3) is 0.619. The van der Waals surface area contributed by atoms with E-state index in [0.29, 0.717) is 13.0 Å². The Bertz CT molecular complexity index is 987. The van der Waals surface area contributed by atoms with Crippen LogP contribution in [0.1, 0.15) is 39.2 Å². The van der Waals surface area contributed by atoms with E-state index in [2.05, 4.69) is 10.3 Å². The van der Waals surface area contributed by atoms with E-state index in [1.165, 1.54) is 10.9 Å². The molecule has 5 atom stereocenters. The molecule has 0 aliphatic carbocycles. The lowest BCUT2D eigenvalue weighted by atomic mass is 9.85. The Morgan fingerprint density at radius 3 is 2.53 bits per heavy atom. The molecule has 0 bridgehead atoms. The van der Waals surface area contributed by atoms with Crippen molar-refractivity contribution in [3.63, 3.8) is 0 Å². The first-order chi connectivity index (χ1) is 15.2. The van der Waals surface area contributed by atoms with E-state index in [1.807, 2.05) is 0 Å². The number of aliphatic hydroxyl groups is 1. The molecule has 0 saturated carbocycles. The first-order valence-electron chi connectivity index (χ1n) is 10.6. The summed E-state index contributed by atoms with van der Waals surface area (Å²) in [5, 5.41) is 19.5. The summed E-state index contributed by atoms with van der Waals surface area (Å²) >= 11 is 0. The molecule has 32 heavy (non-hydrogen) atoms. The molecule has 11 heteroatoms. The van der Waals surface area contributed by atoms with Gasteiger partial charge in [-0.05, 0) is 38.8 Å². The molecule has 2 aromatic rings. The van der Waals surface area contributed by atoms with Gasteiger partial charge in [-0.2, -0.15) is 0 Å². The number of hydrogen-bond acceptors (Lipinski definition) is 7. The summed E-state index contributed by atoms with van der Waals surface area (Å²) in [7, 11) is 0. The number of aromatic nitrogens is 3. The zero-order chi connectivity index (χ0) is 22.7. The van der Waals surface area contributed by atoms with Crippen LogP contribution in [0, 0.1) is 17.5 Å². The monoisotopic (exact) mass is 455 g/mol. The molecule has 3 fully saturated rings. The van der Waals surface area contributed by atoms with Crippen LogP contribution in [0.25, 0.3) is 11.3 Å². The fourth-order valence-electron chi connectivity index (χ4n) is 4.64. The topological polar surface area (TPSA) is 87.9 Å². The van der Waals surface area contributed by atoms with Crippen molar-refractivity contribution in [1.29, 1.82) is 0 Å². The van der Waals surface area contributed by atoms with Crippen LogP contribution in [0.5, 0.6) is 0 Å². The van der Waals surface area contributed by atoms with Gasteiger partial charge in [-0.3, -0.25) is 0 Å². The maximum absolute atomic E-state index is 13.7. The number of halogens is 3. The molecule has 1 aromatic heterocycles. The molecule has 1 aromatic carbocycles. The lowest BCUT2D eigenvalue weighted by molar-refractivity contribution is -0.413. The van der Waals surface area contributed by atoms with Gasteiger partial charge in [-0.15, -0.1) is 5.10 Å². The highest BCUT2D eigenvalue weighted by Crippen LogP contribution is 2.46. The largest absolute Gasteiger partial charge is 0.385 e. The second kappa shape index (κ2) is 7.77. The Morgan fingerprint density at radius 1 is 1.09 bits per heavy atom. The Hall–Kier alpha value is -2.05. The van der Waals surface area contributed by atoms with Gasteiger partial charge in [0.15, 0.2) is 29.0 Å². The normalized spacial score (nSPS) is 34.4. The number of rotatable bonds is 2. The van der Waals surface area contributed by atoms with Gasteiger partial charge in [-0.1, -0.05) is 5.21 Å². The summed E-state index contributed by atoms with van der Waals surface area (Å²) in [5.74, 6) is -6.39. The maximum atomic E-state index is 13.7. The Kier molecular flexibility index (Phi) is 5.29. The van der Waals surface area contributed by atoms with Crippen LogP contribution >= 0.6 is 0 Å². The van der Waals surface area contributed by atoms with Gasteiger partial charge in [0.2, 0.25) is 0 Å². The third-order valence-corrected chi connectivity index (χ3v) is 6.20. The molecule has 1 unspecified atom stereocenters. The lowest BCUT2D eigenvalue weighted by Crippen LogP contribution is -2.68. The van der Waals surface area contributed by atoms with Gasteiger partial charge in [0, 0.05) is 12.0 Å². The van der Waals surface area contributed by atoms with Crippen LogP contribution < -0.4 is 0 Å². The van der Waals surface area contributed by atoms with Crippen LogP contribution in [0.2, 0.25) is 0 Å². The van der Waals surface area contributed by atoms with Crippen LogP contribution in [-0.2, 0) is 18.9 Å². The highest BCUT2D eigenvalue weighted by molar-refractivity contribution is 5.57. The van der Waals surface area contributed by atoms with Crippen molar-refractivity contribution < 1.29 is 37.2 Å². The molecule has 1 N–H and O–H groups in total. The summed E-state index contributed by atoms with van der Waals surface area (Å²) in [5.41, 5.74) is 0.130. The van der Waals surface area contributed by atoms with Crippen LogP contribution in [0.4, 0.5) is 13.2 Å². The molecule has 3 aliphatic rings. The molecule has 4 heterocycles. The highest BCUT2D eigenvalue weighted by Gasteiger charge is 2.59. The average Bonchev–Trinajstić information content (AvgIpc) is 3.23. The fourth-order valence-corrected chi connectivity index (χ4v) is 4.64. The molecule has 5 rings (SSSR count). The third-order valence-electron chi connectivity index (χ3n) is 6.20. The van der Waals surface area contributed by atoms with E-state index >= 15 is 0 Å². The summed E-state index contributed by atoms with van der Waals surface area (Å²) < 4.78 is 66.1. The predicted molar refractivity (Wildman–Crippen MR) is 103 cm³/mol. The number of hydrogen-bond donors (Lipinski definition) is 1. The zero-order valence-corrected chi connectivity index (χ0v) is 17.6. The van der Waals surface area contributed by atoms with Crippen LogP contribution in [-0.4, -0.2) is 63.2 Å². The zero-order valence-electron chi connectivity index (χ0n) is 17.6. The number of benzene rings is 1. The smallest absolute Gasteiger partial charge is 0.197 e. The Labute approximate surface area is 182 Å². The van der Waals surface area contributed by atoms with E-state index in [9.17, 15) is 18.3 Å². The number of nitrogens with zero attached hydrogens (tertiary/aromatic N) is 3. The molecule has 1 spiro atoms. The molecule has 0 radical (unpaired) electrons. The molecule has 3 aliphatic heterocycles. The van der Waals surface area contributed by atoms with E-state index in [-0.39, 0.29) is 17.9 Å². The van der Waals surface area contributed by atoms with Crippen molar-refractivity contribution in [2.75, 3.05) is 13.2 Å². The minimum atomic E-state index is -1.56. The standard InChI is InChI=1S/C21H24F3N3O5/c1-20(2)30-10-15-18(32-20)17(19(28)21(31-15)5-3-4-6-29-21)27-9-14(25-26-27)11-7-12(22)16(24)13(23)8-11/h7-9,15,17-19,28H,3-6,10H2,1-2H3/t15-,17?,18+,19-,21+/m1/s1. The average molecular weight is 455 g/mol. The van der Waals surface area contributed by atoms with Gasteiger partial charge in [0.1, 0.15) is 30.0 Å². The van der Waals surface area contributed by atoms with Gasteiger partial charge in [0.05, 0.1) is 19.4 Å². The molecular formula is C21H24F3N3O5. The van der Waals surface area contributed by atoms with E-state index in [1.54, 1.807) is 13.8 Å². The Balaban J connectivity index is 1.53. The van der Waals surface area contributed by atoms with Crippen molar-refractivity contribution in [3.8, 4) is 11.3 Å². The van der Waals surface area contributed by atoms with Crippen molar-refractivity contribution >= 4 is 0 Å². The molecule has 3 saturated heterocycles. The SMILES string of the molecule is CC1(C)OC[C@H]2O[C@@]3(CCCCO3)[C@H](O)C(n3cc(-c4cc(F)c(F)c(F)c4)nn3)[C@H]2O1. The van der Waals surface area contributed by atoms with Gasteiger partial charge >= 0.3 is 0 Å². The second-order valence-electron chi connectivity index (χ2n) is 8.84. The number of ether oxygens (including phenoxy) is 4. The van der Waals surface area contributed by atoms with Gasteiger partial charge < -0.3 is 24.1 Å². The minimum Gasteiger partial charge on any atom is -0.385 e. The first-order valence-corrected chi connectivity index (χ1v) is 10.6. The number of fused-ring (bicyclic) bond motifs is 1. The third kappa shape index (κ3) is 3.61. The summed E-state index contributed by atoms with van der Waals surface area (Å²) in [6.45, 7) is 4.17. The van der Waals surface area contributed by atoms with E-state index in [0.717, 1.165) is 25.0 Å². The quantitative estimate of drug-likeness (QED) is 0.697. The molecular weight excluding hydrogens is 431 g/mol. The highest BCUT2D eigenvalue weighted by atomic mass is 19.2. The summed E-state index contributed by atoms with van der Waals surface area (Å²) in [4.78, 5) is 0.